The fourth-order valence-corrected chi connectivity index (χ4v) is 7.35. The number of nitrogens with zero attached hydrogens (tertiary/aromatic N) is 3. The molecule has 0 saturated heterocycles. The number of aromatic nitrogens is 3. The smallest absolute Gasteiger partial charge is 0.0971 e. The van der Waals surface area contributed by atoms with Gasteiger partial charge in [0.2, 0.25) is 0 Å². The van der Waals surface area contributed by atoms with Gasteiger partial charge >= 0.3 is 0 Å². The first-order valence-electron chi connectivity index (χ1n) is 14.9. The summed E-state index contributed by atoms with van der Waals surface area (Å²) in [6.45, 7) is 0. The highest BCUT2D eigenvalue weighted by Crippen LogP contribution is 2.43. The quantitative estimate of drug-likeness (QED) is 0.198. The lowest BCUT2D eigenvalue weighted by atomic mass is 9.89. The van der Waals surface area contributed by atoms with Crippen LogP contribution in [0.15, 0.2) is 140 Å². The summed E-state index contributed by atoms with van der Waals surface area (Å²) in [6.07, 6.45) is 3.70. The minimum atomic E-state index is 0.902. The molecule has 10 rings (SSSR count). The molecule has 202 valence electrons. The van der Waals surface area contributed by atoms with Gasteiger partial charge in [-0.25, -0.2) is 4.98 Å². The average Bonchev–Trinajstić information content (AvgIpc) is 3.10. The lowest BCUT2D eigenvalue weighted by molar-refractivity contribution is 1.38. The Bertz CT molecular complexity index is 2750. The van der Waals surface area contributed by atoms with Crippen LogP contribution in [-0.4, -0.2) is 15.0 Å². The maximum atomic E-state index is 5.29. The van der Waals surface area contributed by atoms with Crippen LogP contribution in [0.5, 0.6) is 0 Å². The van der Waals surface area contributed by atoms with Gasteiger partial charge < -0.3 is 0 Å². The van der Waals surface area contributed by atoms with Crippen LogP contribution in [0.4, 0.5) is 0 Å². The monoisotopic (exact) mass is 557 g/mol. The van der Waals surface area contributed by atoms with Gasteiger partial charge in [-0.15, -0.1) is 0 Å². The van der Waals surface area contributed by atoms with Crippen LogP contribution in [0, 0.1) is 0 Å². The third-order valence-corrected chi connectivity index (χ3v) is 9.27. The topological polar surface area (TPSA) is 38.7 Å². The summed E-state index contributed by atoms with van der Waals surface area (Å²) in [5.74, 6) is 0. The molecule has 0 amide bonds. The van der Waals surface area contributed by atoms with Crippen molar-refractivity contribution in [1.29, 1.82) is 0 Å². The van der Waals surface area contributed by atoms with Crippen molar-refractivity contribution in [3.05, 3.63) is 140 Å². The maximum absolute atomic E-state index is 5.29. The highest BCUT2D eigenvalue weighted by Gasteiger charge is 2.19. The number of pyridine rings is 3. The standard InChI is InChI=1S/C41H23N3/c1-2-11-34-31(8-1)37-32-9-4-22-42-40(32)41-33(10-5-23-43-41)38(37)39(44-34)28-16-12-24(13-17-28)29-20-18-27-15-14-25-6-3-7-26-19-21-30(29)36(27)35(25)26/h1-23H. The molecule has 3 heteroatoms. The average molecular weight is 558 g/mol. The fourth-order valence-electron chi connectivity index (χ4n) is 7.35. The Hall–Kier alpha value is -5.93. The molecular weight excluding hydrogens is 534 g/mol. The zero-order valence-corrected chi connectivity index (χ0v) is 23.6. The molecule has 10 aromatic rings. The van der Waals surface area contributed by atoms with Crippen molar-refractivity contribution in [2.45, 2.75) is 0 Å². The van der Waals surface area contributed by atoms with E-state index in [-0.39, 0.29) is 0 Å². The molecule has 7 aromatic carbocycles. The Kier molecular flexibility index (Phi) is 4.72. The Balaban J connectivity index is 1.24. The molecule has 0 bridgehead atoms. The van der Waals surface area contributed by atoms with E-state index in [0.717, 1.165) is 49.4 Å². The summed E-state index contributed by atoms with van der Waals surface area (Å²) in [6, 6.07) is 45.8. The number of para-hydroxylation sites is 1. The Morgan fingerprint density at radius 2 is 0.977 bits per heavy atom. The lowest BCUT2D eigenvalue weighted by Gasteiger charge is -2.16. The molecule has 44 heavy (non-hydrogen) atoms. The van der Waals surface area contributed by atoms with Crippen molar-refractivity contribution in [3.8, 4) is 22.4 Å². The van der Waals surface area contributed by atoms with E-state index in [0.29, 0.717) is 0 Å². The number of fused-ring (bicyclic) bond motifs is 8. The lowest BCUT2D eigenvalue weighted by Crippen LogP contribution is -1.94. The van der Waals surface area contributed by atoms with Crippen LogP contribution in [0.2, 0.25) is 0 Å². The summed E-state index contributed by atoms with van der Waals surface area (Å²) in [5.41, 5.74) is 7.27. The van der Waals surface area contributed by atoms with E-state index in [9.17, 15) is 0 Å². The molecule has 3 aromatic heterocycles. The van der Waals surface area contributed by atoms with Crippen molar-refractivity contribution in [2.75, 3.05) is 0 Å². The molecule has 0 N–H and O–H groups in total. The second-order valence-electron chi connectivity index (χ2n) is 11.6. The summed E-state index contributed by atoms with van der Waals surface area (Å²) in [7, 11) is 0. The van der Waals surface area contributed by atoms with Gasteiger partial charge in [0.15, 0.2) is 0 Å². The third kappa shape index (κ3) is 3.18. The summed E-state index contributed by atoms with van der Waals surface area (Å²) in [5, 5.41) is 13.4. The van der Waals surface area contributed by atoms with Crippen LogP contribution in [-0.2, 0) is 0 Å². The van der Waals surface area contributed by atoms with Gasteiger partial charge in [0.05, 0.1) is 22.2 Å². The molecule has 3 nitrogen and oxygen atoms in total. The molecule has 0 radical (unpaired) electrons. The Morgan fingerprint density at radius 3 is 1.75 bits per heavy atom. The van der Waals surface area contributed by atoms with Crippen molar-refractivity contribution < 1.29 is 0 Å². The summed E-state index contributed by atoms with van der Waals surface area (Å²) >= 11 is 0. The van der Waals surface area contributed by atoms with E-state index in [4.69, 9.17) is 15.0 Å². The molecule has 0 aliphatic carbocycles. The zero-order chi connectivity index (χ0) is 28.8. The summed E-state index contributed by atoms with van der Waals surface area (Å²) in [4.78, 5) is 14.9. The first-order chi connectivity index (χ1) is 21.8. The molecule has 0 aliphatic heterocycles. The van der Waals surface area contributed by atoms with Gasteiger partial charge in [-0.3, -0.25) is 9.97 Å². The van der Waals surface area contributed by atoms with E-state index in [1.54, 1.807) is 0 Å². The van der Waals surface area contributed by atoms with Crippen molar-refractivity contribution in [2.24, 2.45) is 0 Å². The predicted molar refractivity (Wildman–Crippen MR) is 184 cm³/mol. The molecule has 0 unspecified atom stereocenters. The molecule has 0 spiro atoms. The fraction of sp³-hybridized carbons (Fsp3) is 0. The number of hydrogen-bond donors (Lipinski definition) is 0. The normalized spacial score (nSPS) is 12.1. The maximum Gasteiger partial charge on any atom is 0.0971 e. The molecule has 0 atom stereocenters. The number of hydrogen-bond acceptors (Lipinski definition) is 3. The second kappa shape index (κ2) is 8.79. The first-order valence-corrected chi connectivity index (χ1v) is 14.9. The van der Waals surface area contributed by atoms with Crippen molar-refractivity contribution in [1.82, 2.24) is 15.0 Å². The SMILES string of the molecule is c1cc2ccc3ccc(-c4ccc(-c5nc6ccccc6c6c7cccnc7c7ncccc7c56)cc4)c4ccc(c1)c2c34. The zero-order valence-electron chi connectivity index (χ0n) is 23.6. The van der Waals surface area contributed by atoms with Crippen LogP contribution in [0.3, 0.4) is 0 Å². The number of benzene rings is 7. The van der Waals surface area contributed by atoms with Crippen LogP contribution >= 0.6 is 0 Å². The van der Waals surface area contributed by atoms with Gasteiger partial charge in [0, 0.05) is 44.9 Å². The summed E-state index contributed by atoms with van der Waals surface area (Å²) < 4.78 is 0. The largest absolute Gasteiger partial charge is 0.254 e. The van der Waals surface area contributed by atoms with E-state index >= 15 is 0 Å². The van der Waals surface area contributed by atoms with Crippen LogP contribution in [0.1, 0.15) is 0 Å². The van der Waals surface area contributed by atoms with Gasteiger partial charge in [-0.05, 0) is 61.6 Å². The Morgan fingerprint density at radius 1 is 0.364 bits per heavy atom. The molecule has 0 aliphatic rings. The highest BCUT2D eigenvalue weighted by atomic mass is 14.7. The second-order valence-corrected chi connectivity index (χ2v) is 11.6. The van der Waals surface area contributed by atoms with Crippen LogP contribution in [0.25, 0.3) is 98.2 Å². The molecular formula is C41H23N3. The van der Waals surface area contributed by atoms with Gasteiger partial charge in [0.25, 0.3) is 0 Å². The van der Waals surface area contributed by atoms with E-state index in [2.05, 4.69) is 115 Å². The van der Waals surface area contributed by atoms with Crippen LogP contribution < -0.4 is 0 Å². The highest BCUT2D eigenvalue weighted by molar-refractivity contribution is 6.32. The predicted octanol–water partition coefficient (Wildman–Crippen LogP) is 10.7. The third-order valence-electron chi connectivity index (χ3n) is 9.27. The van der Waals surface area contributed by atoms with E-state index in [1.165, 1.54) is 48.8 Å². The van der Waals surface area contributed by atoms with Gasteiger partial charge in [-0.2, -0.15) is 0 Å². The van der Waals surface area contributed by atoms with Gasteiger partial charge in [0.1, 0.15) is 0 Å². The Labute approximate surface area is 252 Å². The van der Waals surface area contributed by atoms with Gasteiger partial charge in [-0.1, -0.05) is 109 Å². The van der Waals surface area contributed by atoms with E-state index < -0.39 is 0 Å². The molecule has 3 heterocycles. The molecule has 0 saturated carbocycles. The molecule has 0 fully saturated rings. The minimum Gasteiger partial charge on any atom is -0.254 e. The van der Waals surface area contributed by atoms with E-state index in [1.807, 2.05) is 24.5 Å². The minimum absolute atomic E-state index is 0.902. The van der Waals surface area contributed by atoms with Crippen molar-refractivity contribution in [3.63, 3.8) is 0 Å². The number of rotatable bonds is 2. The first kappa shape index (κ1) is 23.6. The van der Waals surface area contributed by atoms with Crippen molar-refractivity contribution >= 4 is 75.8 Å².